The largest absolute Gasteiger partial charge is 0.486 e. The molecule has 1 aromatic rings. The van der Waals surface area contributed by atoms with Crippen LogP contribution in [0.4, 0.5) is 28.0 Å². The van der Waals surface area contributed by atoms with Gasteiger partial charge in [-0.05, 0) is 19.1 Å². The van der Waals surface area contributed by atoms with Crippen molar-refractivity contribution in [2.45, 2.75) is 25.2 Å². The predicted molar refractivity (Wildman–Crippen MR) is 69.8 cm³/mol. The molecule has 0 bridgehead atoms. The maximum absolute atomic E-state index is 13.4. The Hall–Kier alpha value is -2.52. The number of hydrogen-bond acceptors (Lipinski definition) is 3. The number of hydrogen-bond donors (Lipinski definition) is 2. The second-order valence-corrected chi connectivity index (χ2v) is 4.90. The van der Waals surface area contributed by atoms with Gasteiger partial charge in [-0.2, -0.15) is 13.2 Å². The number of halogens is 4. The minimum absolute atomic E-state index is 0.147. The number of carbonyl (C=O) groups excluding carboxylic acids is 1. The number of rotatable bonds is 2. The molecule has 2 rings (SSSR count). The fourth-order valence-corrected chi connectivity index (χ4v) is 2.21. The molecule has 1 aromatic carbocycles. The molecule has 0 unspecified atom stereocenters. The summed E-state index contributed by atoms with van der Waals surface area (Å²) in [6.07, 6.45) is -7.44. The highest BCUT2D eigenvalue weighted by Gasteiger charge is 2.42. The van der Waals surface area contributed by atoms with E-state index >= 15 is 0 Å². The third-order valence-corrected chi connectivity index (χ3v) is 3.14. The summed E-state index contributed by atoms with van der Waals surface area (Å²) in [5.74, 6) is -2.18. The van der Waals surface area contributed by atoms with Gasteiger partial charge in [-0.1, -0.05) is 0 Å². The summed E-state index contributed by atoms with van der Waals surface area (Å²) >= 11 is 0. The quantitative estimate of drug-likeness (QED) is 0.811. The molecular weight excluding hydrogens is 324 g/mol. The summed E-state index contributed by atoms with van der Waals surface area (Å²) in [5, 5.41) is 10.6. The monoisotopic (exact) mass is 336 g/mol. The van der Waals surface area contributed by atoms with Crippen LogP contribution in [0.25, 0.3) is 0 Å². The number of amides is 2. The average molecular weight is 336 g/mol. The van der Waals surface area contributed by atoms with Crippen molar-refractivity contribution >= 4 is 17.7 Å². The van der Waals surface area contributed by atoms with E-state index in [0.717, 1.165) is 18.2 Å². The van der Waals surface area contributed by atoms with Crippen molar-refractivity contribution in [2.75, 3.05) is 11.4 Å². The fourth-order valence-electron chi connectivity index (χ4n) is 2.21. The lowest BCUT2D eigenvalue weighted by Crippen LogP contribution is -2.55. The van der Waals surface area contributed by atoms with E-state index in [1.807, 2.05) is 5.32 Å². The Morgan fingerprint density at radius 1 is 1.43 bits per heavy atom. The Balaban J connectivity index is 2.51. The summed E-state index contributed by atoms with van der Waals surface area (Å²) in [7, 11) is 0. The zero-order chi connectivity index (χ0) is 17.4. The van der Waals surface area contributed by atoms with E-state index < -0.39 is 48.4 Å². The summed E-state index contributed by atoms with van der Waals surface area (Å²) in [4.78, 5) is 23.4. The molecule has 1 aliphatic rings. The second kappa shape index (κ2) is 5.94. The Morgan fingerprint density at radius 3 is 2.65 bits per heavy atom. The van der Waals surface area contributed by atoms with E-state index in [1.165, 1.54) is 6.92 Å². The number of nitrogens with one attached hydrogen (secondary N) is 1. The molecule has 6 nitrogen and oxygen atoms in total. The van der Waals surface area contributed by atoms with Gasteiger partial charge in [0.1, 0.15) is 30.3 Å². The number of benzene rings is 1. The van der Waals surface area contributed by atoms with Crippen molar-refractivity contribution in [3.8, 4) is 5.75 Å². The Bertz CT molecular complexity index is 635. The predicted octanol–water partition coefficient (Wildman–Crippen LogP) is 2.14. The molecule has 0 aliphatic carbocycles. The van der Waals surface area contributed by atoms with Gasteiger partial charge in [0.25, 0.3) is 5.91 Å². The van der Waals surface area contributed by atoms with Gasteiger partial charge in [0, 0.05) is 6.07 Å². The van der Waals surface area contributed by atoms with Crippen molar-refractivity contribution in [3.63, 3.8) is 0 Å². The van der Waals surface area contributed by atoms with Gasteiger partial charge in [0.2, 0.25) is 0 Å². The van der Waals surface area contributed by atoms with E-state index in [1.54, 1.807) is 0 Å². The van der Waals surface area contributed by atoms with Crippen molar-refractivity contribution in [1.82, 2.24) is 5.32 Å². The van der Waals surface area contributed by atoms with Crippen LogP contribution >= 0.6 is 0 Å². The van der Waals surface area contributed by atoms with Crippen LogP contribution in [0.1, 0.15) is 6.92 Å². The molecule has 2 N–H and O–H groups in total. The van der Waals surface area contributed by atoms with Gasteiger partial charge in [-0.15, -0.1) is 0 Å². The Labute approximate surface area is 127 Å². The zero-order valence-electron chi connectivity index (χ0n) is 11.7. The van der Waals surface area contributed by atoms with Gasteiger partial charge >= 0.3 is 12.3 Å². The van der Waals surface area contributed by atoms with Crippen LogP contribution in [0.3, 0.4) is 0 Å². The van der Waals surface area contributed by atoms with Gasteiger partial charge in [0.15, 0.2) is 0 Å². The van der Waals surface area contributed by atoms with E-state index in [4.69, 9.17) is 9.84 Å². The molecule has 23 heavy (non-hydrogen) atoms. The van der Waals surface area contributed by atoms with Crippen LogP contribution in [0, 0.1) is 5.82 Å². The number of carboxylic acid groups (broad SMARTS) is 1. The number of carbonyl (C=O) groups is 2. The number of ether oxygens (including phenoxy) is 1. The van der Waals surface area contributed by atoms with Gasteiger partial charge < -0.3 is 15.2 Å². The smallest absolute Gasteiger partial charge is 0.406 e. The normalized spacial score (nSPS) is 21.3. The number of alkyl halides is 3. The fraction of sp³-hybridized carbons (Fsp3) is 0.385. The van der Waals surface area contributed by atoms with Crippen molar-refractivity contribution < 1.29 is 37.0 Å². The van der Waals surface area contributed by atoms with Crippen LogP contribution in [0.5, 0.6) is 5.75 Å². The number of fused-ring (bicyclic) bond motifs is 1. The summed E-state index contributed by atoms with van der Waals surface area (Å²) in [6, 6.07) is 1.22. The molecule has 1 heterocycles. The molecule has 1 aliphatic heterocycles. The summed E-state index contributed by atoms with van der Waals surface area (Å²) in [5.41, 5.74) is -0.408. The van der Waals surface area contributed by atoms with Crippen LogP contribution in [-0.4, -0.2) is 42.0 Å². The standard InChI is InChI=1S/C13H12F4N2O4/c1-6-10(18-12(21)22)11(20)19(5-13(15,16)17)8-4-7(14)2-3-9(8)23-6/h2-4,6,10,18H,5H2,1H3,(H,21,22)/t6-,10+/m1/s1. The summed E-state index contributed by atoms with van der Waals surface area (Å²) < 4.78 is 57.0. The first-order valence-corrected chi connectivity index (χ1v) is 6.42. The molecule has 0 radical (unpaired) electrons. The van der Waals surface area contributed by atoms with Crippen molar-refractivity contribution in [2.24, 2.45) is 0 Å². The van der Waals surface area contributed by atoms with E-state index in [2.05, 4.69) is 0 Å². The second-order valence-electron chi connectivity index (χ2n) is 4.90. The molecule has 0 aromatic heterocycles. The van der Waals surface area contributed by atoms with E-state index in [9.17, 15) is 27.2 Å². The number of nitrogens with zero attached hydrogens (tertiary/aromatic N) is 1. The van der Waals surface area contributed by atoms with Gasteiger partial charge in [-0.3, -0.25) is 9.69 Å². The van der Waals surface area contributed by atoms with E-state index in [-0.39, 0.29) is 10.6 Å². The molecule has 2 amide bonds. The lowest BCUT2D eigenvalue weighted by molar-refractivity contribution is -0.134. The van der Waals surface area contributed by atoms with Gasteiger partial charge in [-0.25, -0.2) is 9.18 Å². The van der Waals surface area contributed by atoms with Crippen LogP contribution in [-0.2, 0) is 4.79 Å². The molecule has 0 saturated heterocycles. The van der Waals surface area contributed by atoms with Gasteiger partial charge in [0.05, 0.1) is 5.69 Å². The minimum Gasteiger partial charge on any atom is -0.486 e. The maximum Gasteiger partial charge on any atom is 0.406 e. The minimum atomic E-state index is -4.76. The molecular formula is C13H12F4N2O4. The van der Waals surface area contributed by atoms with E-state index in [0.29, 0.717) is 0 Å². The first-order valence-electron chi connectivity index (χ1n) is 6.42. The molecule has 0 saturated carbocycles. The Kier molecular flexibility index (Phi) is 4.35. The first-order chi connectivity index (χ1) is 10.6. The average Bonchev–Trinajstić information content (AvgIpc) is 2.49. The van der Waals surface area contributed by atoms with Crippen LogP contribution in [0.2, 0.25) is 0 Å². The highest BCUT2D eigenvalue weighted by atomic mass is 19.4. The highest BCUT2D eigenvalue weighted by Crippen LogP contribution is 2.35. The first kappa shape index (κ1) is 16.8. The third kappa shape index (κ3) is 3.82. The number of anilines is 1. The van der Waals surface area contributed by atoms with Crippen LogP contribution < -0.4 is 15.0 Å². The van der Waals surface area contributed by atoms with Crippen molar-refractivity contribution in [3.05, 3.63) is 24.0 Å². The maximum atomic E-state index is 13.4. The lowest BCUT2D eigenvalue weighted by Gasteiger charge is -2.26. The Morgan fingerprint density at radius 2 is 2.09 bits per heavy atom. The lowest BCUT2D eigenvalue weighted by atomic mass is 10.1. The molecule has 126 valence electrons. The molecule has 2 atom stereocenters. The molecule has 0 fully saturated rings. The van der Waals surface area contributed by atoms with Crippen LogP contribution in [0.15, 0.2) is 18.2 Å². The zero-order valence-corrected chi connectivity index (χ0v) is 11.7. The molecule has 10 heteroatoms. The summed E-state index contributed by atoms with van der Waals surface area (Å²) in [6.45, 7) is -0.376. The highest BCUT2D eigenvalue weighted by molar-refractivity contribution is 6.01. The SMILES string of the molecule is C[C@H]1Oc2ccc(F)cc2N(CC(F)(F)F)C(=O)[C@H]1NC(=O)O. The van der Waals surface area contributed by atoms with Crippen molar-refractivity contribution in [1.29, 1.82) is 0 Å². The topological polar surface area (TPSA) is 78.9 Å². The third-order valence-electron chi connectivity index (χ3n) is 3.14. The molecule has 0 spiro atoms.